The minimum absolute atomic E-state index is 0.163. The molecule has 0 saturated carbocycles. The molecule has 3 heteroatoms. The van der Waals surface area contributed by atoms with Crippen LogP contribution in [0.25, 0.3) is 10.9 Å². The Labute approximate surface area is 135 Å². The van der Waals surface area contributed by atoms with Gasteiger partial charge in [0.1, 0.15) is 5.82 Å². The van der Waals surface area contributed by atoms with Crippen molar-refractivity contribution in [1.82, 2.24) is 4.98 Å². The molecule has 0 spiro atoms. The third-order valence-electron chi connectivity index (χ3n) is 4.61. The quantitative estimate of drug-likeness (QED) is 0.637. The second-order valence-electron chi connectivity index (χ2n) is 6.30. The first-order valence-corrected chi connectivity index (χ1v) is 8.10. The Morgan fingerprint density at radius 2 is 2.00 bits per heavy atom. The predicted octanol–water partition coefficient (Wildman–Crippen LogP) is 5.11. The van der Waals surface area contributed by atoms with Crippen LogP contribution in [0.2, 0.25) is 0 Å². The Hall–Kier alpha value is -2.42. The van der Waals surface area contributed by atoms with Crippen molar-refractivity contribution >= 4 is 17.1 Å². The van der Waals surface area contributed by atoms with Gasteiger partial charge in [-0.2, -0.15) is 0 Å². The number of nitrogens with zero attached hydrogens (tertiary/aromatic N) is 1. The van der Waals surface area contributed by atoms with E-state index in [1.165, 1.54) is 39.9 Å². The van der Waals surface area contributed by atoms with Crippen molar-refractivity contribution in [2.45, 2.75) is 32.2 Å². The Morgan fingerprint density at radius 3 is 2.83 bits per heavy atom. The number of fused-ring (bicyclic) bond motifs is 3. The maximum atomic E-state index is 13.0. The molecule has 4 rings (SSSR count). The average molecular weight is 306 g/mol. The predicted molar refractivity (Wildman–Crippen MR) is 92.7 cm³/mol. The number of nitrogens with one attached hydrogen (secondary N) is 1. The maximum Gasteiger partial charge on any atom is 0.123 e. The molecule has 1 N–H and O–H groups in total. The Bertz CT molecular complexity index is 875. The summed E-state index contributed by atoms with van der Waals surface area (Å²) < 4.78 is 13.0. The molecule has 1 heterocycles. The molecule has 0 radical (unpaired) electrons. The molecule has 1 atom stereocenters. The summed E-state index contributed by atoms with van der Waals surface area (Å²) in [5, 5.41) is 1.33. The fraction of sp³-hybridized carbons (Fsp3) is 0.250. The highest BCUT2D eigenvalue weighted by Gasteiger charge is 2.23. The highest BCUT2D eigenvalue weighted by molar-refractivity contribution is 5.86. The molecule has 3 aromatic rings. The lowest BCUT2D eigenvalue weighted by molar-refractivity contribution is 0.566. The highest BCUT2D eigenvalue weighted by Crippen LogP contribution is 2.37. The Morgan fingerprint density at radius 1 is 1.17 bits per heavy atom. The van der Waals surface area contributed by atoms with Crippen molar-refractivity contribution in [2.75, 3.05) is 0 Å². The first kappa shape index (κ1) is 14.2. The summed E-state index contributed by atoms with van der Waals surface area (Å²) in [4.78, 5) is 8.33. The van der Waals surface area contributed by atoms with Crippen LogP contribution < -0.4 is 0 Å². The van der Waals surface area contributed by atoms with Gasteiger partial charge in [0, 0.05) is 22.8 Å². The van der Waals surface area contributed by atoms with E-state index in [1.54, 1.807) is 12.1 Å². The van der Waals surface area contributed by atoms with Crippen molar-refractivity contribution in [1.29, 1.82) is 0 Å². The van der Waals surface area contributed by atoms with Crippen molar-refractivity contribution in [3.8, 4) is 0 Å². The smallest absolute Gasteiger partial charge is 0.123 e. The lowest BCUT2D eigenvalue weighted by Crippen LogP contribution is -2.07. The molecule has 0 aliphatic heterocycles. The van der Waals surface area contributed by atoms with Gasteiger partial charge in [-0.05, 0) is 61.6 Å². The summed E-state index contributed by atoms with van der Waals surface area (Å²) in [6, 6.07) is 13.2. The number of H-pyrrole nitrogens is 1. The van der Waals surface area contributed by atoms with Crippen molar-refractivity contribution in [3.05, 3.63) is 70.7 Å². The number of aromatic amines is 1. The molecule has 0 bridgehead atoms. The average Bonchev–Trinajstić information content (AvgIpc) is 2.93. The number of hydrogen-bond donors (Lipinski definition) is 1. The largest absolute Gasteiger partial charge is 0.356 e. The molecule has 116 valence electrons. The number of rotatable bonds is 2. The third kappa shape index (κ3) is 2.67. The van der Waals surface area contributed by atoms with Gasteiger partial charge in [0.15, 0.2) is 0 Å². The van der Waals surface area contributed by atoms with Crippen LogP contribution in [0.3, 0.4) is 0 Å². The van der Waals surface area contributed by atoms with Crippen molar-refractivity contribution in [3.63, 3.8) is 0 Å². The first-order chi connectivity index (χ1) is 11.2. The first-order valence-electron chi connectivity index (χ1n) is 8.10. The second-order valence-corrected chi connectivity index (χ2v) is 6.30. The van der Waals surface area contributed by atoms with Crippen molar-refractivity contribution < 1.29 is 4.39 Å². The molecule has 0 amide bonds. The van der Waals surface area contributed by atoms with Gasteiger partial charge in [0.2, 0.25) is 0 Å². The van der Waals surface area contributed by atoms with Crippen LogP contribution in [0.1, 0.15) is 41.3 Å². The summed E-state index contributed by atoms with van der Waals surface area (Å²) in [6.45, 7) is 2.13. The van der Waals surface area contributed by atoms with Crippen molar-refractivity contribution in [2.24, 2.45) is 4.99 Å². The molecular weight excluding hydrogens is 287 g/mol. The molecule has 1 aliphatic carbocycles. The van der Waals surface area contributed by atoms with Gasteiger partial charge in [-0.3, -0.25) is 4.99 Å². The number of halogens is 1. The molecule has 0 saturated heterocycles. The molecule has 2 aromatic carbocycles. The second kappa shape index (κ2) is 5.65. The standard InChI is InChI=1S/C20H19FN2/c1-13-5-10-18-17(11-13)16-3-2-4-19(20(16)23-18)22-12-14-6-8-15(21)9-7-14/h5-12,19,23H,2-4H2,1H3/t19-/m0/s1. The number of aliphatic imine (C=N–C) groups is 1. The van der Waals surface area contributed by atoms with Gasteiger partial charge in [0.05, 0.1) is 6.04 Å². The van der Waals surface area contributed by atoms with Crippen LogP contribution >= 0.6 is 0 Å². The molecule has 1 aliphatic rings. The van der Waals surface area contributed by atoms with Gasteiger partial charge >= 0.3 is 0 Å². The van der Waals surface area contributed by atoms with Crippen LogP contribution in [0.4, 0.5) is 4.39 Å². The fourth-order valence-electron chi connectivity index (χ4n) is 3.43. The van der Waals surface area contributed by atoms with Gasteiger partial charge < -0.3 is 4.98 Å². The van der Waals surface area contributed by atoms with Crippen LogP contribution in [0, 0.1) is 12.7 Å². The van der Waals surface area contributed by atoms with E-state index in [0.29, 0.717) is 0 Å². The monoisotopic (exact) mass is 306 g/mol. The summed E-state index contributed by atoms with van der Waals surface area (Å²) in [7, 11) is 0. The minimum atomic E-state index is -0.215. The number of benzene rings is 2. The highest BCUT2D eigenvalue weighted by atomic mass is 19.1. The topological polar surface area (TPSA) is 28.1 Å². The molecule has 1 aromatic heterocycles. The minimum Gasteiger partial charge on any atom is -0.356 e. The summed E-state index contributed by atoms with van der Waals surface area (Å²) in [6.07, 6.45) is 5.17. The fourth-order valence-corrected chi connectivity index (χ4v) is 3.43. The Kier molecular flexibility index (Phi) is 3.49. The lowest BCUT2D eigenvalue weighted by Gasteiger charge is -2.19. The van der Waals surface area contributed by atoms with Gasteiger partial charge in [-0.25, -0.2) is 4.39 Å². The normalized spacial score (nSPS) is 17.7. The van der Waals surface area contributed by atoms with E-state index in [-0.39, 0.29) is 11.9 Å². The molecular formula is C20H19FN2. The summed E-state index contributed by atoms with van der Waals surface area (Å²) in [5.41, 5.74) is 6.08. The van der Waals surface area contributed by atoms with E-state index in [4.69, 9.17) is 4.99 Å². The van der Waals surface area contributed by atoms with E-state index in [2.05, 4.69) is 30.1 Å². The summed E-state index contributed by atoms with van der Waals surface area (Å²) >= 11 is 0. The van der Waals surface area contributed by atoms with Gasteiger partial charge in [-0.15, -0.1) is 0 Å². The zero-order chi connectivity index (χ0) is 15.8. The van der Waals surface area contributed by atoms with E-state index in [0.717, 1.165) is 24.8 Å². The maximum absolute atomic E-state index is 13.0. The lowest BCUT2D eigenvalue weighted by atomic mass is 9.92. The third-order valence-corrected chi connectivity index (χ3v) is 4.61. The van der Waals surface area contributed by atoms with E-state index < -0.39 is 0 Å². The van der Waals surface area contributed by atoms with E-state index in [1.807, 2.05) is 6.21 Å². The number of hydrogen-bond acceptors (Lipinski definition) is 1. The molecule has 2 nitrogen and oxygen atoms in total. The van der Waals surface area contributed by atoms with Crippen LogP contribution in [-0.2, 0) is 6.42 Å². The molecule has 0 fully saturated rings. The zero-order valence-corrected chi connectivity index (χ0v) is 13.1. The SMILES string of the molecule is Cc1ccc2[nH]c3c(c2c1)CCC[C@@H]3N=Cc1ccc(F)cc1. The number of aromatic nitrogens is 1. The van der Waals surface area contributed by atoms with Crippen LogP contribution in [0.5, 0.6) is 0 Å². The molecule has 23 heavy (non-hydrogen) atoms. The molecule has 0 unspecified atom stereocenters. The van der Waals surface area contributed by atoms with E-state index >= 15 is 0 Å². The zero-order valence-electron chi connectivity index (χ0n) is 13.1. The van der Waals surface area contributed by atoms with E-state index in [9.17, 15) is 4.39 Å². The Balaban J connectivity index is 1.70. The van der Waals surface area contributed by atoms with Crippen LogP contribution in [-0.4, -0.2) is 11.2 Å². The van der Waals surface area contributed by atoms with Crippen LogP contribution in [0.15, 0.2) is 47.5 Å². The number of aryl methyl sites for hydroxylation is 2. The van der Waals surface area contributed by atoms with Gasteiger partial charge in [0.25, 0.3) is 0 Å². The summed E-state index contributed by atoms with van der Waals surface area (Å²) in [5.74, 6) is -0.215. The van der Waals surface area contributed by atoms with Gasteiger partial charge in [-0.1, -0.05) is 23.8 Å².